The molecular weight excluding hydrogens is 560 g/mol. The van der Waals surface area contributed by atoms with Crippen LogP contribution in [-0.2, 0) is 52.4 Å². The molecule has 1 saturated heterocycles. The molecule has 43 heavy (non-hydrogen) atoms. The Balaban J connectivity index is 1.38. The van der Waals surface area contributed by atoms with Crippen molar-refractivity contribution in [2.45, 2.75) is 123 Å². The molecule has 11 nitrogen and oxygen atoms in total. The summed E-state index contributed by atoms with van der Waals surface area (Å²) in [6.45, 7) is 8.01. The van der Waals surface area contributed by atoms with E-state index in [0.717, 1.165) is 53.1 Å². The van der Waals surface area contributed by atoms with Crippen LogP contribution in [0, 0.1) is 28.6 Å². The van der Waals surface area contributed by atoms with Gasteiger partial charge >= 0.3 is 23.9 Å². The Morgan fingerprint density at radius 3 is 2.09 bits per heavy atom. The van der Waals surface area contributed by atoms with Crippen molar-refractivity contribution in [3.63, 3.8) is 0 Å². The van der Waals surface area contributed by atoms with Gasteiger partial charge in [-0.3, -0.25) is 19.2 Å². The average Bonchev–Trinajstić information content (AvgIpc) is 3.24. The maximum absolute atomic E-state index is 12.8. The lowest BCUT2D eigenvalue weighted by molar-refractivity contribution is -0.312. The Labute approximate surface area is 252 Å². The van der Waals surface area contributed by atoms with Gasteiger partial charge in [0.1, 0.15) is 5.78 Å². The number of ketones is 1. The molecular formula is C32H44O11. The fraction of sp³-hybridized carbons (Fsp3) is 0.781. The van der Waals surface area contributed by atoms with Gasteiger partial charge < -0.3 is 28.4 Å². The first-order valence-electron chi connectivity index (χ1n) is 15.4. The summed E-state index contributed by atoms with van der Waals surface area (Å²) in [4.78, 5) is 61.8. The first kappa shape index (κ1) is 31.6. The first-order valence-corrected chi connectivity index (χ1v) is 15.4. The molecule has 238 valence electrons. The first-order chi connectivity index (χ1) is 20.3. The third-order valence-corrected chi connectivity index (χ3v) is 10.9. The van der Waals surface area contributed by atoms with Crippen LogP contribution in [0.5, 0.6) is 0 Å². The monoisotopic (exact) mass is 604 g/mol. The number of carbonyl (C=O) groups excluding carboxylic acids is 5. The Bertz CT molecular complexity index is 1190. The predicted octanol–water partition coefficient (Wildman–Crippen LogP) is 3.60. The molecule has 0 aromatic heterocycles. The molecule has 11 heteroatoms. The summed E-state index contributed by atoms with van der Waals surface area (Å²) in [6, 6.07) is 0. The molecule has 0 unspecified atom stereocenters. The largest absolute Gasteiger partial charge is 0.467 e. The number of esters is 4. The van der Waals surface area contributed by atoms with Crippen molar-refractivity contribution in [2.24, 2.45) is 28.6 Å². The van der Waals surface area contributed by atoms with Gasteiger partial charge in [0.05, 0.1) is 13.2 Å². The van der Waals surface area contributed by atoms with Crippen LogP contribution >= 0.6 is 0 Å². The highest BCUT2D eigenvalue weighted by molar-refractivity contribution is 5.87. The highest BCUT2D eigenvalue weighted by atomic mass is 16.7. The molecule has 4 aliphatic carbocycles. The Morgan fingerprint density at radius 2 is 1.44 bits per heavy atom. The second kappa shape index (κ2) is 12.0. The summed E-state index contributed by atoms with van der Waals surface area (Å²) in [5.74, 6) is -1.17. The number of hydrogen-bond acceptors (Lipinski definition) is 11. The van der Waals surface area contributed by atoms with E-state index < -0.39 is 54.6 Å². The number of rotatable bonds is 6. The van der Waals surface area contributed by atoms with E-state index in [1.165, 1.54) is 12.5 Å². The Morgan fingerprint density at radius 1 is 0.837 bits per heavy atom. The van der Waals surface area contributed by atoms with Crippen molar-refractivity contribution in [3.8, 4) is 0 Å². The van der Waals surface area contributed by atoms with Gasteiger partial charge in [-0.25, -0.2) is 4.79 Å². The summed E-state index contributed by atoms with van der Waals surface area (Å²) in [5.41, 5.74) is 1.12. The van der Waals surface area contributed by atoms with Crippen molar-refractivity contribution in [1.82, 2.24) is 0 Å². The van der Waals surface area contributed by atoms with Crippen LogP contribution < -0.4 is 0 Å². The molecule has 5 aliphatic rings. The molecule has 4 fully saturated rings. The van der Waals surface area contributed by atoms with Crippen LogP contribution in [0.25, 0.3) is 0 Å². The number of Topliss-reactive ketones (excluding diaryl/α,β-unsaturated/α-hetero) is 1. The maximum atomic E-state index is 12.8. The van der Waals surface area contributed by atoms with Gasteiger partial charge in [-0.2, -0.15) is 0 Å². The van der Waals surface area contributed by atoms with E-state index >= 15 is 0 Å². The molecule has 0 radical (unpaired) electrons. The van der Waals surface area contributed by atoms with Crippen molar-refractivity contribution < 1.29 is 52.4 Å². The van der Waals surface area contributed by atoms with E-state index in [2.05, 4.69) is 19.9 Å². The lowest BCUT2D eigenvalue weighted by Crippen LogP contribution is -2.64. The Kier molecular flexibility index (Phi) is 8.79. The molecule has 5 rings (SSSR count). The minimum atomic E-state index is -1.48. The standard InChI is InChI=1S/C32H44O11/c1-16(33)39-25-26(40-17(2)34)28(41-18(3)35)30(43-27(25)29(37)38-6)42-20-11-13-31(4)19(15-20)7-8-21-22-9-10-24(36)32(22,5)14-12-23(21)31/h7,20-23,25-28,30H,8-15H2,1-6H3/t20-,21-,22-,23-,25-,26-,27-,28+,30+,31-,32-/m0/s1. The normalized spacial score (nSPS) is 42.0. The summed E-state index contributed by atoms with van der Waals surface area (Å²) >= 11 is 0. The zero-order valence-corrected chi connectivity index (χ0v) is 25.9. The number of carbonyl (C=O) groups is 5. The SMILES string of the molecule is COC(=O)[C@H]1O[C@@H](O[C@H]2CC[C@@]3(C)C(=CC[C@@H]4[C@@H]3CC[C@]3(C)C(=O)CC[C@@H]43)C2)[C@H](OC(C)=O)[C@@H](OC(C)=O)[C@@H]1OC(C)=O. The van der Waals surface area contributed by atoms with Gasteiger partial charge in [0.2, 0.25) is 0 Å². The minimum Gasteiger partial charge on any atom is -0.467 e. The van der Waals surface area contributed by atoms with Gasteiger partial charge in [0.15, 0.2) is 30.7 Å². The number of fused-ring (bicyclic) bond motifs is 5. The maximum Gasteiger partial charge on any atom is 0.339 e. The average molecular weight is 605 g/mol. The molecule has 0 N–H and O–H groups in total. The van der Waals surface area contributed by atoms with Crippen molar-refractivity contribution in [1.29, 1.82) is 0 Å². The molecule has 0 aromatic rings. The fourth-order valence-electron chi connectivity index (χ4n) is 8.89. The second-order valence-corrected chi connectivity index (χ2v) is 13.3. The van der Waals surface area contributed by atoms with Crippen molar-refractivity contribution >= 4 is 29.7 Å². The summed E-state index contributed by atoms with van der Waals surface area (Å²) in [5, 5.41) is 0. The molecule has 3 saturated carbocycles. The Hall–Kier alpha value is -2.79. The lowest BCUT2D eigenvalue weighted by atomic mass is 9.48. The van der Waals surface area contributed by atoms with E-state index in [4.69, 9.17) is 28.4 Å². The number of ether oxygens (including phenoxy) is 6. The van der Waals surface area contributed by atoms with Crippen LogP contribution in [0.1, 0.15) is 86.0 Å². The quantitative estimate of drug-likeness (QED) is 0.249. The van der Waals surface area contributed by atoms with Crippen LogP contribution in [0.3, 0.4) is 0 Å². The van der Waals surface area contributed by atoms with Gasteiger partial charge in [-0.15, -0.1) is 0 Å². The summed E-state index contributed by atoms with van der Waals surface area (Å²) in [6.07, 6.45) is 1.91. The second-order valence-electron chi connectivity index (χ2n) is 13.3. The van der Waals surface area contributed by atoms with Gasteiger partial charge in [-0.1, -0.05) is 25.5 Å². The van der Waals surface area contributed by atoms with E-state index in [1.807, 2.05) is 0 Å². The van der Waals surface area contributed by atoms with Crippen molar-refractivity contribution in [3.05, 3.63) is 11.6 Å². The molecule has 11 atom stereocenters. The van der Waals surface area contributed by atoms with Crippen LogP contribution in [-0.4, -0.2) is 73.6 Å². The van der Waals surface area contributed by atoms with Crippen LogP contribution in [0.15, 0.2) is 11.6 Å². The number of methoxy groups -OCH3 is 1. The zero-order chi connectivity index (χ0) is 31.3. The summed E-state index contributed by atoms with van der Waals surface area (Å²) in [7, 11) is 1.16. The molecule has 1 aliphatic heterocycles. The fourth-order valence-corrected chi connectivity index (χ4v) is 8.89. The van der Waals surface area contributed by atoms with Crippen LogP contribution in [0.2, 0.25) is 0 Å². The van der Waals surface area contributed by atoms with Gasteiger partial charge in [0.25, 0.3) is 0 Å². The highest BCUT2D eigenvalue weighted by Crippen LogP contribution is 2.64. The van der Waals surface area contributed by atoms with Crippen LogP contribution in [0.4, 0.5) is 0 Å². The summed E-state index contributed by atoms with van der Waals surface area (Å²) < 4.78 is 33.7. The van der Waals surface area contributed by atoms with E-state index in [-0.39, 0.29) is 16.9 Å². The molecule has 0 aromatic carbocycles. The third-order valence-electron chi connectivity index (χ3n) is 10.9. The van der Waals surface area contributed by atoms with E-state index in [1.54, 1.807) is 0 Å². The van der Waals surface area contributed by atoms with Crippen molar-refractivity contribution in [2.75, 3.05) is 7.11 Å². The molecule has 0 amide bonds. The topological polar surface area (TPSA) is 141 Å². The van der Waals surface area contributed by atoms with E-state index in [0.29, 0.717) is 42.8 Å². The minimum absolute atomic E-state index is 0.00625. The molecule has 1 heterocycles. The molecule has 0 bridgehead atoms. The van der Waals surface area contributed by atoms with Gasteiger partial charge in [0, 0.05) is 32.6 Å². The highest BCUT2D eigenvalue weighted by Gasteiger charge is 2.60. The smallest absolute Gasteiger partial charge is 0.339 e. The van der Waals surface area contributed by atoms with E-state index in [9.17, 15) is 24.0 Å². The number of allylic oxidation sites excluding steroid dienone is 1. The predicted molar refractivity (Wildman–Crippen MR) is 149 cm³/mol. The number of hydrogen-bond donors (Lipinski definition) is 0. The zero-order valence-electron chi connectivity index (χ0n) is 25.9. The lowest BCUT2D eigenvalue weighted by Gasteiger charge is -2.57. The molecule has 0 spiro atoms. The van der Waals surface area contributed by atoms with Gasteiger partial charge in [-0.05, 0) is 68.1 Å². The third kappa shape index (κ3) is 5.75.